The van der Waals surface area contributed by atoms with Gasteiger partial charge >= 0.3 is 0 Å². The minimum atomic E-state index is -0.126. The number of aryl methyl sites for hydroxylation is 1. The Morgan fingerprint density at radius 3 is 3.05 bits per heavy atom. The third-order valence-corrected chi connectivity index (χ3v) is 3.43. The SMILES string of the molecule is CCCCn1ncc(NCc2ccon2)c(Br)c1=O. The topological polar surface area (TPSA) is 73.0 Å². The van der Waals surface area contributed by atoms with Gasteiger partial charge in [-0.1, -0.05) is 18.5 Å². The van der Waals surface area contributed by atoms with Gasteiger partial charge in [0.05, 0.1) is 18.4 Å². The lowest BCUT2D eigenvalue weighted by atomic mass is 10.3. The highest BCUT2D eigenvalue weighted by Crippen LogP contribution is 2.17. The summed E-state index contributed by atoms with van der Waals surface area (Å²) in [5.41, 5.74) is 1.29. The van der Waals surface area contributed by atoms with Crippen molar-refractivity contribution in [3.63, 3.8) is 0 Å². The zero-order chi connectivity index (χ0) is 13.7. The van der Waals surface area contributed by atoms with Crippen LogP contribution in [0.4, 0.5) is 5.69 Å². The van der Waals surface area contributed by atoms with Crippen LogP contribution in [-0.4, -0.2) is 14.9 Å². The van der Waals surface area contributed by atoms with E-state index in [1.807, 2.05) is 0 Å². The van der Waals surface area contributed by atoms with Crippen LogP contribution in [0.5, 0.6) is 0 Å². The monoisotopic (exact) mass is 326 g/mol. The van der Waals surface area contributed by atoms with E-state index in [1.165, 1.54) is 10.9 Å². The number of halogens is 1. The summed E-state index contributed by atoms with van der Waals surface area (Å²) in [5, 5.41) is 11.0. The van der Waals surface area contributed by atoms with E-state index in [9.17, 15) is 4.79 Å². The first-order valence-corrected chi connectivity index (χ1v) is 6.90. The summed E-state index contributed by atoms with van der Waals surface area (Å²) in [6.07, 6.45) is 5.11. The Labute approximate surface area is 118 Å². The second-order valence-corrected chi connectivity index (χ2v) is 4.89. The average Bonchev–Trinajstić information content (AvgIpc) is 2.92. The van der Waals surface area contributed by atoms with E-state index in [4.69, 9.17) is 4.52 Å². The van der Waals surface area contributed by atoms with Gasteiger partial charge in [-0.3, -0.25) is 4.79 Å². The highest BCUT2D eigenvalue weighted by molar-refractivity contribution is 9.10. The van der Waals surface area contributed by atoms with Crippen LogP contribution in [0.1, 0.15) is 25.5 Å². The van der Waals surface area contributed by atoms with Crippen LogP contribution in [0.2, 0.25) is 0 Å². The first kappa shape index (κ1) is 13.8. The number of hydrogen-bond donors (Lipinski definition) is 1. The third-order valence-electron chi connectivity index (χ3n) is 2.66. The smallest absolute Gasteiger partial charge is 0.283 e. The molecule has 2 aromatic rings. The van der Waals surface area contributed by atoms with Crippen molar-refractivity contribution in [3.05, 3.63) is 39.0 Å². The number of nitrogens with one attached hydrogen (secondary N) is 1. The fraction of sp³-hybridized carbons (Fsp3) is 0.417. The van der Waals surface area contributed by atoms with E-state index in [2.05, 4.69) is 38.4 Å². The lowest BCUT2D eigenvalue weighted by Crippen LogP contribution is -2.24. The van der Waals surface area contributed by atoms with Crippen molar-refractivity contribution in [3.8, 4) is 0 Å². The summed E-state index contributed by atoms with van der Waals surface area (Å²) in [6.45, 7) is 3.20. The van der Waals surface area contributed by atoms with Crippen molar-refractivity contribution in [2.45, 2.75) is 32.9 Å². The molecule has 1 N–H and O–H groups in total. The van der Waals surface area contributed by atoms with Crippen LogP contribution < -0.4 is 10.9 Å². The third kappa shape index (κ3) is 3.44. The van der Waals surface area contributed by atoms with Gasteiger partial charge in [0.25, 0.3) is 5.56 Å². The molecule has 0 saturated carbocycles. The molecule has 7 heteroatoms. The number of hydrogen-bond acceptors (Lipinski definition) is 5. The predicted molar refractivity (Wildman–Crippen MR) is 74.9 cm³/mol. The van der Waals surface area contributed by atoms with Crippen molar-refractivity contribution < 1.29 is 4.52 Å². The van der Waals surface area contributed by atoms with E-state index >= 15 is 0 Å². The first-order valence-electron chi connectivity index (χ1n) is 6.11. The maximum Gasteiger partial charge on any atom is 0.283 e. The van der Waals surface area contributed by atoms with Gasteiger partial charge in [0.2, 0.25) is 0 Å². The number of anilines is 1. The van der Waals surface area contributed by atoms with Crippen molar-refractivity contribution in [1.29, 1.82) is 0 Å². The number of unbranched alkanes of at least 4 members (excludes halogenated alkanes) is 1. The molecule has 0 aliphatic carbocycles. The molecular weight excluding hydrogens is 312 g/mol. The summed E-state index contributed by atoms with van der Waals surface area (Å²) >= 11 is 3.31. The van der Waals surface area contributed by atoms with Crippen LogP contribution >= 0.6 is 15.9 Å². The Balaban J connectivity index is 2.09. The summed E-state index contributed by atoms with van der Waals surface area (Å²) in [6, 6.07) is 1.76. The van der Waals surface area contributed by atoms with Crippen molar-refractivity contribution in [1.82, 2.24) is 14.9 Å². The number of rotatable bonds is 6. The van der Waals surface area contributed by atoms with Gasteiger partial charge in [-0.15, -0.1) is 0 Å². The maximum atomic E-state index is 12.0. The quantitative estimate of drug-likeness (QED) is 0.882. The molecule has 0 bridgehead atoms. The zero-order valence-corrected chi connectivity index (χ0v) is 12.2. The fourth-order valence-corrected chi connectivity index (χ4v) is 2.02. The van der Waals surface area contributed by atoms with Gasteiger partial charge < -0.3 is 9.84 Å². The molecule has 0 aromatic carbocycles. The van der Waals surface area contributed by atoms with E-state index in [0.717, 1.165) is 18.5 Å². The molecule has 19 heavy (non-hydrogen) atoms. The number of aromatic nitrogens is 3. The molecule has 2 heterocycles. The van der Waals surface area contributed by atoms with Gasteiger partial charge in [-0.25, -0.2) is 4.68 Å². The second kappa shape index (κ2) is 6.51. The molecule has 0 spiro atoms. The van der Waals surface area contributed by atoms with Gasteiger partial charge in [0.15, 0.2) is 0 Å². The summed E-state index contributed by atoms with van der Waals surface area (Å²) in [4.78, 5) is 12.0. The van der Waals surface area contributed by atoms with Crippen LogP contribution in [0, 0.1) is 0 Å². The van der Waals surface area contributed by atoms with E-state index in [0.29, 0.717) is 23.2 Å². The van der Waals surface area contributed by atoms with Crippen LogP contribution in [-0.2, 0) is 13.1 Å². The average molecular weight is 327 g/mol. The molecule has 0 unspecified atom stereocenters. The lowest BCUT2D eigenvalue weighted by Gasteiger charge is -2.09. The second-order valence-electron chi connectivity index (χ2n) is 4.10. The van der Waals surface area contributed by atoms with E-state index in [1.54, 1.807) is 12.3 Å². The van der Waals surface area contributed by atoms with Gasteiger partial charge in [-0.05, 0) is 22.4 Å². The zero-order valence-electron chi connectivity index (χ0n) is 10.6. The fourth-order valence-electron chi connectivity index (χ4n) is 1.57. The van der Waals surface area contributed by atoms with Crippen molar-refractivity contribution in [2.24, 2.45) is 0 Å². The molecular formula is C12H15BrN4O2. The van der Waals surface area contributed by atoms with Gasteiger partial charge in [0, 0.05) is 12.6 Å². The molecule has 0 radical (unpaired) electrons. The summed E-state index contributed by atoms with van der Waals surface area (Å²) < 4.78 is 6.69. The highest BCUT2D eigenvalue weighted by atomic mass is 79.9. The minimum absolute atomic E-state index is 0.126. The molecule has 6 nitrogen and oxygen atoms in total. The van der Waals surface area contributed by atoms with Gasteiger partial charge in [-0.2, -0.15) is 5.10 Å². The predicted octanol–water partition coefficient (Wildman–Crippen LogP) is 2.41. The molecule has 0 fully saturated rings. The van der Waals surface area contributed by atoms with Crippen LogP contribution in [0.3, 0.4) is 0 Å². The van der Waals surface area contributed by atoms with Crippen LogP contribution in [0.15, 0.2) is 32.3 Å². The first-order chi connectivity index (χ1) is 9.22. The largest absolute Gasteiger partial charge is 0.377 e. The Bertz CT molecular complexity index is 580. The Morgan fingerprint density at radius 1 is 1.53 bits per heavy atom. The minimum Gasteiger partial charge on any atom is -0.377 e. The summed E-state index contributed by atoms with van der Waals surface area (Å²) in [5.74, 6) is 0. The standard InChI is InChI=1S/C12H15BrN4O2/c1-2-3-5-17-12(18)11(13)10(8-15-17)14-7-9-4-6-19-16-9/h4,6,8,14H,2-3,5,7H2,1H3. The molecule has 0 amide bonds. The Morgan fingerprint density at radius 2 is 2.37 bits per heavy atom. The Kier molecular flexibility index (Phi) is 4.73. The normalized spacial score (nSPS) is 10.6. The number of nitrogens with zero attached hydrogens (tertiary/aromatic N) is 3. The lowest BCUT2D eigenvalue weighted by molar-refractivity contribution is 0.412. The molecule has 0 saturated heterocycles. The van der Waals surface area contributed by atoms with Gasteiger partial charge in [0.1, 0.15) is 16.4 Å². The van der Waals surface area contributed by atoms with Crippen molar-refractivity contribution in [2.75, 3.05) is 5.32 Å². The molecule has 102 valence electrons. The maximum absolute atomic E-state index is 12.0. The molecule has 2 rings (SSSR count). The molecule has 2 aromatic heterocycles. The summed E-state index contributed by atoms with van der Waals surface area (Å²) in [7, 11) is 0. The van der Waals surface area contributed by atoms with Crippen molar-refractivity contribution >= 4 is 21.6 Å². The molecule has 0 atom stereocenters. The van der Waals surface area contributed by atoms with Crippen LogP contribution in [0.25, 0.3) is 0 Å². The van der Waals surface area contributed by atoms with E-state index < -0.39 is 0 Å². The highest BCUT2D eigenvalue weighted by Gasteiger charge is 2.08. The molecule has 0 aliphatic rings. The molecule has 0 aliphatic heterocycles. The van der Waals surface area contributed by atoms with E-state index in [-0.39, 0.29) is 5.56 Å². The Hall–Kier alpha value is -1.63.